The molecule has 1 N–H and O–H groups in total. The summed E-state index contributed by atoms with van der Waals surface area (Å²) in [5.41, 5.74) is 2.87. The molecule has 4 heterocycles. The number of aromatic nitrogens is 2. The summed E-state index contributed by atoms with van der Waals surface area (Å²) in [6, 6.07) is 8.86. The van der Waals surface area contributed by atoms with Crippen LogP contribution in [0.2, 0.25) is 0 Å². The van der Waals surface area contributed by atoms with E-state index in [1.807, 2.05) is 23.1 Å². The molecular formula is C21H22N4O4. The summed E-state index contributed by atoms with van der Waals surface area (Å²) >= 11 is 0. The van der Waals surface area contributed by atoms with E-state index in [-0.39, 0.29) is 22.6 Å². The Labute approximate surface area is 166 Å². The van der Waals surface area contributed by atoms with Gasteiger partial charge in [-0.25, -0.2) is 4.79 Å². The normalized spacial score (nSPS) is 18.4. The Kier molecular flexibility index (Phi) is 3.99. The molecule has 5 rings (SSSR count). The molecule has 0 atom stereocenters. The predicted octanol–water partition coefficient (Wildman–Crippen LogP) is 1.17. The Balaban J connectivity index is 1.23. The van der Waals surface area contributed by atoms with E-state index in [9.17, 15) is 14.4 Å². The number of rotatable bonds is 3. The van der Waals surface area contributed by atoms with Crippen molar-refractivity contribution in [2.45, 2.75) is 13.0 Å². The van der Waals surface area contributed by atoms with Crippen LogP contribution in [-0.2, 0) is 13.6 Å². The van der Waals surface area contributed by atoms with Crippen molar-refractivity contribution in [3.05, 3.63) is 68.6 Å². The number of amides is 1. The molecule has 1 aromatic carbocycles. The average Bonchev–Trinajstić information content (AvgIpc) is 3.22. The third kappa shape index (κ3) is 3.09. The van der Waals surface area contributed by atoms with Crippen molar-refractivity contribution < 1.29 is 9.21 Å². The van der Waals surface area contributed by atoms with Gasteiger partial charge in [-0.1, -0.05) is 6.07 Å². The average molecular weight is 394 g/mol. The zero-order chi connectivity index (χ0) is 20.2. The van der Waals surface area contributed by atoms with Crippen molar-refractivity contribution in [2.75, 3.05) is 26.2 Å². The standard InChI is InChI=1S/C21H22N4O4/c1-23-16-8-14(2-3-17(16)29-20(23)28)10-24-7-5-21(11-24)12-25(13-21)19(27)15-4-6-22-18(26)9-15/h2-4,6,8-9H,5,7,10-13H2,1H3,(H,22,26). The zero-order valence-electron chi connectivity index (χ0n) is 16.2. The fraction of sp³-hybridized carbons (Fsp3) is 0.381. The second kappa shape index (κ2) is 6.45. The minimum Gasteiger partial charge on any atom is -0.408 e. The molecule has 2 aromatic heterocycles. The number of hydrogen-bond acceptors (Lipinski definition) is 5. The lowest BCUT2D eigenvalue weighted by Crippen LogP contribution is -2.59. The Hall–Kier alpha value is -3.13. The Morgan fingerprint density at radius 1 is 1.17 bits per heavy atom. The molecule has 0 saturated carbocycles. The molecule has 0 radical (unpaired) electrons. The van der Waals surface area contributed by atoms with Crippen molar-refractivity contribution in [2.24, 2.45) is 12.5 Å². The molecule has 0 unspecified atom stereocenters. The summed E-state index contributed by atoms with van der Waals surface area (Å²) in [7, 11) is 1.71. The smallest absolute Gasteiger partial charge is 0.408 e. The van der Waals surface area contributed by atoms with E-state index in [1.165, 1.54) is 16.8 Å². The highest BCUT2D eigenvalue weighted by Crippen LogP contribution is 2.40. The highest BCUT2D eigenvalue weighted by Gasteiger charge is 2.49. The number of aryl methyl sites for hydroxylation is 1. The van der Waals surface area contributed by atoms with Gasteiger partial charge in [0.15, 0.2) is 5.58 Å². The molecule has 150 valence electrons. The minimum absolute atomic E-state index is 0.0773. The van der Waals surface area contributed by atoms with Crippen LogP contribution in [-0.4, -0.2) is 51.4 Å². The molecule has 8 nitrogen and oxygen atoms in total. The van der Waals surface area contributed by atoms with Crippen LogP contribution < -0.4 is 11.3 Å². The number of carbonyl (C=O) groups excluding carboxylic acids is 1. The molecule has 2 fully saturated rings. The van der Waals surface area contributed by atoms with Gasteiger partial charge in [0.1, 0.15) is 0 Å². The van der Waals surface area contributed by atoms with E-state index < -0.39 is 0 Å². The van der Waals surface area contributed by atoms with Crippen LogP contribution in [0.4, 0.5) is 0 Å². The quantitative estimate of drug-likeness (QED) is 0.720. The number of fused-ring (bicyclic) bond motifs is 1. The molecule has 0 bridgehead atoms. The van der Waals surface area contributed by atoms with Gasteiger partial charge in [0.05, 0.1) is 5.52 Å². The van der Waals surface area contributed by atoms with Crippen LogP contribution in [0, 0.1) is 5.41 Å². The largest absolute Gasteiger partial charge is 0.419 e. The van der Waals surface area contributed by atoms with E-state index in [0.717, 1.165) is 50.2 Å². The second-order valence-corrected chi connectivity index (χ2v) is 8.29. The van der Waals surface area contributed by atoms with Gasteiger partial charge in [-0.2, -0.15) is 0 Å². The maximum atomic E-state index is 12.6. The molecule has 0 aliphatic carbocycles. The molecule has 1 amide bonds. The summed E-state index contributed by atoms with van der Waals surface area (Å²) in [5, 5.41) is 0. The van der Waals surface area contributed by atoms with Gasteiger partial charge in [-0.3, -0.25) is 19.1 Å². The van der Waals surface area contributed by atoms with Crippen molar-refractivity contribution >= 4 is 17.0 Å². The van der Waals surface area contributed by atoms with Crippen LogP contribution in [0.1, 0.15) is 22.3 Å². The van der Waals surface area contributed by atoms with Crippen LogP contribution in [0.25, 0.3) is 11.1 Å². The molecular weight excluding hydrogens is 372 g/mol. The SMILES string of the molecule is Cn1c(=O)oc2ccc(CN3CCC4(C3)CN(C(=O)c3cc[nH]c(=O)c3)C4)cc21. The van der Waals surface area contributed by atoms with Crippen LogP contribution in [0.15, 0.2) is 50.5 Å². The number of oxazole rings is 1. The van der Waals surface area contributed by atoms with Crippen molar-refractivity contribution in [1.29, 1.82) is 0 Å². The number of nitrogens with one attached hydrogen (secondary N) is 1. The zero-order valence-corrected chi connectivity index (χ0v) is 16.2. The third-order valence-electron chi connectivity index (χ3n) is 6.14. The first kappa shape index (κ1) is 17.9. The van der Waals surface area contributed by atoms with Gasteiger partial charge >= 0.3 is 5.76 Å². The minimum atomic E-state index is -0.350. The van der Waals surface area contributed by atoms with Crippen molar-refractivity contribution in [3.8, 4) is 0 Å². The monoisotopic (exact) mass is 394 g/mol. The van der Waals surface area contributed by atoms with E-state index in [4.69, 9.17) is 4.42 Å². The topological polar surface area (TPSA) is 91.6 Å². The number of hydrogen-bond donors (Lipinski definition) is 1. The summed E-state index contributed by atoms with van der Waals surface area (Å²) < 4.78 is 6.72. The fourth-order valence-electron chi connectivity index (χ4n) is 4.62. The van der Waals surface area contributed by atoms with Gasteiger partial charge < -0.3 is 14.3 Å². The Bertz CT molecular complexity index is 1220. The van der Waals surface area contributed by atoms with E-state index >= 15 is 0 Å². The molecule has 8 heteroatoms. The lowest BCUT2D eigenvalue weighted by atomic mass is 9.78. The van der Waals surface area contributed by atoms with E-state index in [1.54, 1.807) is 13.1 Å². The molecule has 29 heavy (non-hydrogen) atoms. The van der Waals surface area contributed by atoms with Crippen molar-refractivity contribution in [1.82, 2.24) is 19.4 Å². The molecule has 2 aliphatic rings. The fourth-order valence-corrected chi connectivity index (χ4v) is 4.62. The number of benzene rings is 1. The number of H-pyrrole nitrogens is 1. The maximum absolute atomic E-state index is 12.6. The van der Waals surface area contributed by atoms with Crippen LogP contribution in [0.3, 0.4) is 0 Å². The first-order valence-electron chi connectivity index (χ1n) is 9.71. The van der Waals surface area contributed by atoms with Gasteiger partial charge in [0.25, 0.3) is 5.91 Å². The number of likely N-dealkylation sites (tertiary alicyclic amines) is 2. The van der Waals surface area contributed by atoms with Gasteiger partial charge in [-0.15, -0.1) is 0 Å². The van der Waals surface area contributed by atoms with Gasteiger partial charge in [0.2, 0.25) is 5.56 Å². The van der Waals surface area contributed by atoms with Gasteiger partial charge in [0, 0.05) is 56.5 Å². The van der Waals surface area contributed by atoms with Gasteiger partial charge in [-0.05, 0) is 36.7 Å². The van der Waals surface area contributed by atoms with Crippen molar-refractivity contribution in [3.63, 3.8) is 0 Å². The molecule has 3 aromatic rings. The highest BCUT2D eigenvalue weighted by molar-refractivity contribution is 5.94. The molecule has 1 spiro atoms. The highest BCUT2D eigenvalue weighted by atomic mass is 16.4. The second-order valence-electron chi connectivity index (χ2n) is 8.29. The summed E-state index contributed by atoms with van der Waals surface area (Å²) in [4.78, 5) is 42.4. The summed E-state index contributed by atoms with van der Waals surface area (Å²) in [6.07, 6.45) is 2.56. The van der Waals surface area contributed by atoms with Crippen LogP contribution in [0.5, 0.6) is 0 Å². The maximum Gasteiger partial charge on any atom is 0.419 e. The Morgan fingerprint density at radius 2 is 2.00 bits per heavy atom. The lowest BCUT2D eigenvalue weighted by molar-refractivity contribution is 0.0104. The number of pyridine rings is 1. The molecule has 2 saturated heterocycles. The first-order chi connectivity index (χ1) is 13.9. The van der Waals surface area contributed by atoms with E-state index in [2.05, 4.69) is 9.88 Å². The summed E-state index contributed by atoms with van der Waals surface area (Å²) in [6.45, 7) is 4.18. The number of carbonyl (C=O) groups is 1. The summed E-state index contributed by atoms with van der Waals surface area (Å²) in [5.74, 6) is -0.427. The lowest BCUT2D eigenvalue weighted by Gasteiger charge is -2.48. The van der Waals surface area contributed by atoms with E-state index in [0.29, 0.717) is 11.1 Å². The number of aromatic amines is 1. The first-order valence-corrected chi connectivity index (χ1v) is 9.71. The predicted molar refractivity (Wildman–Crippen MR) is 107 cm³/mol. The third-order valence-corrected chi connectivity index (χ3v) is 6.14. The number of nitrogens with zero attached hydrogens (tertiary/aromatic N) is 3. The molecule has 2 aliphatic heterocycles. The van der Waals surface area contributed by atoms with Crippen LogP contribution >= 0.6 is 0 Å². The Morgan fingerprint density at radius 3 is 2.79 bits per heavy atom.